The maximum atomic E-state index is 13.0. The number of phenolic OH excluding ortho intramolecular Hbond substituents is 2. The molecule has 3 N–H and O–H groups in total. The third kappa shape index (κ3) is 3.81. The average Bonchev–Trinajstić information content (AvgIpc) is 3.15. The maximum absolute atomic E-state index is 13.0. The number of carbonyl (C=O) groups excluding carboxylic acids is 1. The molecule has 0 aliphatic carbocycles. The van der Waals surface area contributed by atoms with Crippen LogP contribution in [0.3, 0.4) is 0 Å². The number of carbonyl (C=O) groups is 1. The minimum Gasteiger partial charge on any atom is -0.507 e. The van der Waals surface area contributed by atoms with Crippen molar-refractivity contribution in [3.8, 4) is 28.6 Å². The molecule has 0 saturated heterocycles. The summed E-state index contributed by atoms with van der Waals surface area (Å²) in [7, 11) is 1.56. The standard InChI is InChI=1S/C22H20N6O4/c1-13-5-3-4-6-17(13)28-20(25-26-22(28)32)15-9-16(19(30)10-18(15)29)21(31)27(2)12-14-11-23-7-8-24-14/h3-11,29-30H,12H2,1-2H3,(H,26,32). The molecule has 2 aromatic heterocycles. The number of benzene rings is 2. The fourth-order valence-electron chi connectivity index (χ4n) is 3.38. The van der Waals surface area contributed by atoms with Crippen molar-refractivity contribution in [2.45, 2.75) is 13.5 Å². The van der Waals surface area contributed by atoms with Crippen LogP contribution in [0, 0.1) is 6.92 Å². The molecule has 0 spiro atoms. The molecule has 2 heterocycles. The molecule has 0 saturated carbocycles. The van der Waals surface area contributed by atoms with Crippen molar-refractivity contribution < 1.29 is 15.0 Å². The fraction of sp³-hybridized carbons (Fsp3) is 0.136. The number of nitrogens with one attached hydrogen (secondary N) is 1. The largest absolute Gasteiger partial charge is 0.507 e. The quantitative estimate of drug-likeness (QED) is 0.439. The molecule has 0 bridgehead atoms. The van der Waals surface area contributed by atoms with E-state index >= 15 is 0 Å². The Morgan fingerprint density at radius 3 is 2.66 bits per heavy atom. The molecule has 0 aliphatic rings. The summed E-state index contributed by atoms with van der Waals surface area (Å²) in [5.41, 5.74) is 1.51. The van der Waals surface area contributed by atoms with Gasteiger partial charge in [-0.05, 0) is 24.6 Å². The zero-order valence-electron chi connectivity index (χ0n) is 17.4. The van der Waals surface area contributed by atoms with Crippen LogP contribution < -0.4 is 5.69 Å². The molecule has 2 aromatic carbocycles. The lowest BCUT2D eigenvalue weighted by Gasteiger charge is -2.18. The Balaban J connectivity index is 1.77. The molecule has 0 radical (unpaired) electrons. The first-order chi connectivity index (χ1) is 15.4. The lowest BCUT2D eigenvalue weighted by Crippen LogP contribution is -2.26. The normalized spacial score (nSPS) is 10.8. The van der Waals surface area contributed by atoms with E-state index in [9.17, 15) is 19.8 Å². The summed E-state index contributed by atoms with van der Waals surface area (Å²) in [6, 6.07) is 9.56. The monoisotopic (exact) mass is 432 g/mol. The van der Waals surface area contributed by atoms with Crippen molar-refractivity contribution in [2.75, 3.05) is 7.05 Å². The third-order valence-electron chi connectivity index (χ3n) is 4.98. The zero-order chi connectivity index (χ0) is 22.8. The van der Waals surface area contributed by atoms with Crippen LogP contribution in [0.4, 0.5) is 0 Å². The highest BCUT2D eigenvalue weighted by molar-refractivity contribution is 5.98. The molecule has 32 heavy (non-hydrogen) atoms. The van der Waals surface area contributed by atoms with E-state index in [1.54, 1.807) is 19.2 Å². The predicted molar refractivity (Wildman–Crippen MR) is 116 cm³/mol. The number of para-hydroxylation sites is 1. The smallest absolute Gasteiger partial charge is 0.348 e. The highest BCUT2D eigenvalue weighted by atomic mass is 16.3. The summed E-state index contributed by atoms with van der Waals surface area (Å²) in [6.07, 6.45) is 4.59. The average molecular weight is 432 g/mol. The van der Waals surface area contributed by atoms with Gasteiger partial charge in [0.15, 0.2) is 5.82 Å². The summed E-state index contributed by atoms with van der Waals surface area (Å²) in [5, 5.41) is 27.3. The van der Waals surface area contributed by atoms with Crippen molar-refractivity contribution in [1.82, 2.24) is 29.6 Å². The van der Waals surface area contributed by atoms with Gasteiger partial charge in [-0.15, -0.1) is 0 Å². The summed E-state index contributed by atoms with van der Waals surface area (Å²) in [5.74, 6) is -1.13. The minimum absolute atomic E-state index is 0.0593. The topological polar surface area (TPSA) is 137 Å². The first kappa shape index (κ1) is 20.8. The van der Waals surface area contributed by atoms with Gasteiger partial charge in [-0.25, -0.2) is 14.5 Å². The van der Waals surface area contributed by atoms with Gasteiger partial charge in [-0.3, -0.25) is 14.8 Å². The number of aromatic hydroxyl groups is 2. The Bertz CT molecular complexity index is 1350. The molecule has 0 unspecified atom stereocenters. The Morgan fingerprint density at radius 1 is 1.16 bits per heavy atom. The molecule has 1 amide bonds. The lowest BCUT2D eigenvalue weighted by atomic mass is 10.1. The Hall–Kier alpha value is -4.47. The Kier molecular flexibility index (Phi) is 5.42. The summed E-state index contributed by atoms with van der Waals surface area (Å²) in [6.45, 7) is 2.00. The van der Waals surface area contributed by atoms with Gasteiger partial charge in [-0.1, -0.05) is 18.2 Å². The van der Waals surface area contributed by atoms with Crippen LogP contribution in [0.25, 0.3) is 17.1 Å². The van der Waals surface area contributed by atoms with E-state index in [1.807, 2.05) is 19.1 Å². The van der Waals surface area contributed by atoms with Crippen LogP contribution in [0.1, 0.15) is 21.6 Å². The van der Waals surface area contributed by atoms with Crippen molar-refractivity contribution in [1.29, 1.82) is 0 Å². The van der Waals surface area contributed by atoms with Gasteiger partial charge in [0.05, 0.1) is 35.2 Å². The number of nitrogens with zero attached hydrogens (tertiary/aromatic N) is 5. The van der Waals surface area contributed by atoms with Crippen LogP contribution in [0.5, 0.6) is 11.5 Å². The van der Waals surface area contributed by atoms with E-state index in [2.05, 4.69) is 20.2 Å². The minimum atomic E-state index is -0.505. The number of hydrogen-bond acceptors (Lipinski definition) is 7. The number of hydrogen-bond donors (Lipinski definition) is 3. The number of H-pyrrole nitrogens is 1. The van der Waals surface area contributed by atoms with E-state index in [4.69, 9.17) is 0 Å². The molecule has 4 rings (SSSR count). The van der Waals surface area contributed by atoms with E-state index in [0.717, 1.165) is 11.6 Å². The molecule has 0 atom stereocenters. The van der Waals surface area contributed by atoms with Gasteiger partial charge in [-0.2, -0.15) is 5.10 Å². The van der Waals surface area contributed by atoms with E-state index in [1.165, 1.54) is 34.1 Å². The van der Waals surface area contributed by atoms with Crippen LogP contribution in [0.2, 0.25) is 0 Å². The number of aromatic amines is 1. The van der Waals surface area contributed by atoms with Crippen LogP contribution in [0.15, 0.2) is 59.8 Å². The van der Waals surface area contributed by atoms with Crippen molar-refractivity contribution >= 4 is 5.91 Å². The highest BCUT2D eigenvalue weighted by Gasteiger charge is 2.23. The van der Waals surface area contributed by atoms with Gasteiger partial charge in [0, 0.05) is 25.5 Å². The molecule has 10 nitrogen and oxygen atoms in total. The molecule has 4 aromatic rings. The van der Waals surface area contributed by atoms with E-state index < -0.39 is 17.3 Å². The van der Waals surface area contributed by atoms with Gasteiger partial charge >= 0.3 is 5.69 Å². The molecule has 10 heteroatoms. The van der Waals surface area contributed by atoms with Crippen LogP contribution in [-0.2, 0) is 6.54 Å². The number of rotatable bonds is 5. The van der Waals surface area contributed by atoms with Crippen molar-refractivity contribution in [3.63, 3.8) is 0 Å². The Morgan fingerprint density at radius 2 is 1.94 bits per heavy atom. The van der Waals surface area contributed by atoms with Crippen molar-refractivity contribution in [3.05, 3.63) is 82.3 Å². The fourth-order valence-corrected chi connectivity index (χ4v) is 3.38. The van der Waals surface area contributed by atoms with Gasteiger partial charge in [0.1, 0.15) is 11.5 Å². The lowest BCUT2D eigenvalue weighted by molar-refractivity contribution is 0.0780. The predicted octanol–water partition coefficient (Wildman–Crippen LogP) is 2.01. The molecular formula is C22H20N6O4. The van der Waals surface area contributed by atoms with Crippen LogP contribution in [-0.4, -0.2) is 52.8 Å². The first-order valence-corrected chi connectivity index (χ1v) is 9.67. The molecule has 0 fully saturated rings. The van der Waals surface area contributed by atoms with Crippen LogP contribution >= 0.6 is 0 Å². The number of aromatic nitrogens is 5. The number of aryl methyl sites for hydroxylation is 1. The second kappa shape index (κ2) is 8.34. The Labute approximate surface area is 182 Å². The van der Waals surface area contributed by atoms with Gasteiger partial charge in [0.25, 0.3) is 5.91 Å². The number of amides is 1. The third-order valence-corrected chi connectivity index (χ3v) is 4.98. The van der Waals surface area contributed by atoms with Crippen molar-refractivity contribution in [2.24, 2.45) is 0 Å². The second-order valence-electron chi connectivity index (χ2n) is 7.22. The van der Waals surface area contributed by atoms with E-state index in [-0.39, 0.29) is 29.2 Å². The molecule has 162 valence electrons. The highest BCUT2D eigenvalue weighted by Crippen LogP contribution is 2.35. The number of phenols is 2. The molecule has 0 aliphatic heterocycles. The molecular weight excluding hydrogens is 412 g/mol. The van der Waals surface area contributed by atoms with E-state index in [0.29, 0.717) is 11.4 Å². The summed E-state index contributed by atoms with van der Waals surface area (Å²) >= 11 is 0. The van der Waals surface area contributed by atoms with Gasteiger partial charge < -0.3 is 15.1 Å². The first-order valence-electron chi connectivity index (χ1n) is 9.67. The maximum Gasteiger partial charge on any atom is 0.348 e. The second-order valence-corrected chi connectivity index (χ2v) is 7.22. The SMILES string of the molecule is Cc1ccccc1-n1c(-c2cc(C(=O)N(C)Cc3cnccn3)c(O)cc2O)n[nH]c1=O. The summed E-state index contributed by atoms with van der Waals surface area (Å²) < 4.78 is 1.30. The van der Waals surface area contributed by atoms with Gasteiger partial charge in [0.2, 0.25) is 0 Å². The summed E-state index contributed by atoms with van der Waals surface area (Å²) in [4.78, 5) is 35.0. The zero-order valence-corrected chi connectivity index (χ0v) is 17.4.